The number of hydrogen-bond acceptors (Lipinski definition) is 4. The van der Waals surface area contributed by atoms with Gasteiger partial charge in [-0.3, -0.25) is 0 Å². The summed E-state index contributed by atoms with van der Waals surface area (Å²) in [6, 6.07) is 0.994. The molecule has 0 aromatic carbocycles. The van der Waals surface area contributed by atoms with E-state index < -0.39 is 8.56 Å². The van der Waals surface area contributed by atoms with Gasteiger partial charge in [-0.25, -0.2) is 0 Å². The average Bonchev–Trinajstić information content (AvgIpc) is 2.02. The molecule has 0 N–H and O–H groups in total. The van der Waals surface area contributed by atoms with Gasteiger partial charge in [0.05, 0.1) is 5.94 Å². The summed E-state index contributed by atoms with van der Waals surface area (Å²) < 4.78 is 10.7. The predicted octanol–water partition coefficient (Wildman–Crippen LogP) is 1.93. The Morgan fingerprint density at radius 2 is 2.00 bits per heavy atom. The maximum Gasteiger partial charge on any atom is 0.335 e. The van der Waals surface area contributed by atoms with Crippen molar-refractivity contribution >= 4 is 33.8 Å². The molecule has 0 aliphatic carbocycles. The highest BCUT2D eigenvalue weighted by atomic mass is 32.1. The number of rotatable bonds is 6. The molecule has 0 aromatic heterocycles. The normalized spacial score (nSPS) is 16.4. The molecular weight excluding hydrogens is 196 g/mol. The highest BCUT2D eigenvalue weighted by molar-refractivity contribution is 7.80. The first-order valence-corrected chi connectivity index (χ1v) is 7.38. The Bertz CT molecular complexity index is 105. The van der Waals surface area contributed by atoms with Crippen molar-refractivity contribution in [2.45, 2.75) is 19.0 Å². The van der Waals surface area contributed by atoms with E-state index in [-0.39, 0.29) is 0 Å². The molecule has 1 atom stereocenters. The Balaban J connectivity index is 3.68. The third-order valence-corrected chi connectivity index (χ3v) is 5.16. The standard InChI is InChI=1S/C6H16O2S2Si/c1-7-11(2,8-6-10)5-3-4-9/h9-10H,3-6H2,1-2H3. The van der Waals surface area contributed by atoms with Crippen LogP contribution in [0.4, 0.5) is 0 Å². The molecule has 0 aliphatic rings. The molecule has 0 rings (SSSR count). The number of thiol groups is 2. The minimum absolute atomic E-state index is 0.448. The van der Waals surface area contributed by atoms with Crippen molar-refractivity contribution in [3.63, 3.8) is 0 Å². The second-order valence-corrected chi connectivity index (χ2v) is 6.61. The van der Waals surface area contributed by atoms with Crippen LogP contribution >= 0.6 is 25.3 Å². The monoisotopic (exact) mass is 212 g/mol. The van der Waals surface area contributed by atoms with E-state index in [9.17, 15) is 0 Å². The lowest BCUT2D eigenvalue weighted by Crippen LogP contribution is -2.37. The summed E-state index contributed by atoms with van der Waals surface area (Å²) in [4.78, 5) is 0. The minimum atomic E-state index is -1.87. The summed E-state index contributed by atoms with van der Waals surface area (Å²) in [7, 11) is -0.167. The lowest BCUT2D eigenvalue weighted by atomic mass is 10.6. The van der Waals surface area contributed by atoms with Gasteiger partial charge in [0.15, 0.2) is 0 Å². The van der Waals surface area contributed by atoms with Gasteiger partial charge in [0, 0.05) is 7.11 Å². The fourth-order valence-corrected chi connectivity index (χ4v) is 3.60. The van der Waals surface area contributed by atoms with Gasteiger partial charge in [-0.1, -0.05) is 0 Å². The van der Waals surface area contributed by atoms with E-state index in [2.05, 4.69) is 25.3 Å². The molecule has 0 bridgehead atoms. The van der Waals surface area contributed by atoms with Crippen LogP contribution in [0.15, 0.2) is 0 Å². The van der Waals surface area contributed by atoms with Crippen LogP contribution in [0.25, 0.3) is 0 Å². The average molecular weight is 212 g/mol. The fraction of sp³-hybridized carbons (Fsp3) is 1.00. The van der Waals surface area contributed by atoms with E-state index in [4.69, 9.17) is 8.85 Å². The summed E-state index contributed by atoms with van der Waals surface area (Å²) in [5, 5.41) is 0. The minimum Gasteiger partial charge on any atom is -0.398 e. The second kappa shape index (κ2) is 6.36. The Hall–Kier alpha value is 0.837. The zero-order valence-corrected chi connectivity index (χ0v) is 9.83. The lowest BCUT2D eigenvalue weighted by molar-refractivity contribution is 0.240. The lowest BCUT2D eigenvalue weighted by Gasteiger charge is -2.23. The van der Waals surface area contributed by atoms with Crippen LogP contribution in [-0.4, -0.2) is 27.4 Å². The Labute approximate surface area is 80.7 Å². The summed E-state index contributed by atoms with van der Waals surface area (Å²) in [6.07, 6.45) is 1.05. The van der Waals surface area contributed by atoms with E-state index in [1.54, 1.807) is 7.11 Å². The van der Waals surface area contributed by atoms with Gasteiger partial charge < -0.3 is 8.85 Å². The van der Waals surface area contributed by atoms with E-state index in [1.165, 1.54) is 0 Å². The molecule has 0 aliphatic heterocycles. The van der Waals surface area contributed by atoms with Gasteiger partial charge >= 0.3 is 8.56 Å². The smallest absolute Gasteiger partial charge is 0.335 e. The molecular formula is C6H16O2S2Si. The Morgan fingerprint density at radius 3 is 2.36 bits per heavy atom. The third kappa shape index (κ3) is 5.14. The van der Waals surface area contributed by atoms with Crippen LogP contribution in [-0.2, 0) is 8.85 Å². The van der Waals surface area contributed by atoms with Gasteiger partial charge in [0.1, 0.15) is 0 Å². The van der Waals surface area contributed by atoms with Crippen molar-refractivity contribution in [3.8, 4) is 0 Å². The fourth-order valence-electron chi connectivity index (χ4n) is 0.770. The molecule has 1 unspecified atom stereocenters. The van der Waals surface area contributed by atoms with Crippen molar-refractivity contribution in [3.05, 3.63) is 0 Å². The van der Waals surface area contributed by atoms with E-state index in [0.717, 1.165) is 18.2 Å². The van der Waals surface area contributed by atoms with Crippen molar-refractivity contribution in [1.82, 2.24) is 0 Å². The maximum absolute atomic E-state index is 5.43. The molecule has 0 spiro atoms. The second-order valence-electron chi connectivity index (χ2n) is 2.44. The van der Waals surface area contributed by atoms with Crippen LogP contribution < -0.4 is 0 Å². The number of hydrogen-bond donors (Lipinski definition) is 2. The predicted molar refractivity (Wildman–Crippen MR) is 56.8 cm³/mol. The highest BCUT2D eigenvalue weighted by Gasteiger charge is 2.28. The maximum atomic E-state index is 5.43. The molecule has 0 radical (unpaired) electrons. The summed E-state index contributed by atoms with van der Waals surface area (Å²) in [6.45, 7) is 2.05. The first kappa shape index (κ1) is 11.8. The molecule has 0 fully saturated rings. The van der Waals surface area contributed by atoms with Crippen molar-refractivity contribution in [2.75, 3.05) is 18.8 Å². The highest BCUT2D eigenvalue weighted by Crippen LogP contribution is 2.15. The molecule has 0 aromatic rings. The molecule has 11 heavy (non-hydrogen) atoms. The Kier molecular flexibility index (Phi) is 6.85. The molecule has 0 saturated heterocycles. The van der Waals surface area contributed by atoms with Gasteiger partial charge in [-0.15, -0.1) is 0 Å². The van der Waals surface area contributed by atoms with E-state index in [1.807, 2.05) is 6.55 Å². The summed E-state index contributed by atoms with van der Waals surface area (Å²) in [5.41, 5.74) is 0. The van der Waals surface area contributed by atoms with Crippen molar-refractivity contribution < 1.29 is 8.85 Å². The summed E-state index contributed by atoms with van der Waals surface area (Å²) >= 11 is 8.13. The molecule has 2 nitrogen and oxygen atoms in total. The molecule has 68 valence electrons. The molecule has 0 amide bonds. The van der Waals surface area contributed by atoms with Gasteiger partial charge in [0.2, 0.25) is 0 Å². The molecule has 5 heteroatoms. The van der Waals surface area contributed by atoms with Crippen molar-refractivity contribution in [2.24, 2.45) is 0 Å². The third-order valence-electron chi connectivity index (χ3n) is 1.59. The van der Waals surface area contributed by atoms with E-state index in [0.29, 0.717) is 5.94 Å². The SMILES string of the molecule is CO[Si](C)(CCCS)OCS. The van der Waals surface area contributed by atoms with Crippen molar-refractivity contribution in [1.29, 1.82) is 0 Å². The Morgan fingerprint density at radius 1 is 1.36 bits per heavy atom. The zero-order valence-electron chi connectivity index (χ0n) is 7.04. The molecule has 0 saturated carbocycles. The summed E-state index contributed by atoms with van der Waals surface area (Å²) in [5.74, 6) is 1.34. The first-order chi connectivity index (χ1) is 5.18. The first-order valence-electron chi connectivity index (χ1n) is 3.59. The van der Waals surface area contributed by atoms with Gasteiger partial charge in [-0.05, 0) is 24.8 Å². The van der Waals surface area contributed by atoms with Gasteiger partial charge in [-0.2, -0.15) is 25.3 Å². The van der Waals surface area contributed by atoms with E-state index >= 15 is 0 Å². The molecule has 0 heterocycles. The van der Waals surface area contributed by atoms with Crippen LogP contribution in [0.1, 0.15) is 6.42 Å². The van der Waals surface area contributed by atoms with Crippen LogP contribution in [0.2, 0.25) is 12.6 Å². The topological polar surface area (TPSA) is 18.5 Å². The van der Waals surface area contributed by atoms with Crippen LogP contribution in [0.5, 0.6) is 0 Å². The van der Waals surface area contributed by atoms with Crippen LogP contribution in [0, 0.1) is 0 Å². The quantitative estimate of drug-likeness (QED) is 0.398. The zero-order chi connectivity index (χ0) is 8.74. The van der Waals surface area contributed by atoms with Gasteiger partial charge in [0.25, 0.3) is 0 Å². The van der Waals surface area contributed by atoms with Crippen LogP contribution in [0.3, 0.4) is 0 Å². The largest absolute Gasteiger partial charge is 0.398 e.